The van der Waals surface area contributed by atoms with Crippen LogP contribution in [0.2, 0.25) is 0 Å². The lowest BCUT2D eigenvalue weighted by molar-refractivity contribution is -0.142. The summed E-state index contributed by atoms with van der Waals surface area (Å²) in [5.41, 5.74) is -2.40. The predicted molar refractivity (Wildman–Crippen MR) is 164 cm³/mol. The number of unbranched alkanes of at least 4 members (excludes halogenated alkanes) is 1. The van der Waals surface area contributed by atoms with Gasteiger partial charge < -0.3 is 20.3 Å². The molecule has 0 aromatic rings. The Morgan fingerprint density at radius 1 is 1.12 bits per heavy atom. The molecular weight excluding hydrogens is 572 g/mol. The molecule has 3 N–H and O–H groups in total. The molecule has 0 bridgehead atoms. The molecule has 1 heterocycles. The number of hydrogen-bond donors (Lipinski definition) is 3. The first kappa shape index (κ1) is 34.9. The average Bonchev–Trinajstić information content (AvgIpc) is 3.78. The van der Waals surface area contributed by atoms with E-state index in [-0.39, 0.29) is 18.4 Å². The van der Waals surface area contributed by atoms with Crippen LogP contribution in [-0.4, -0.2) is 72.7 Å². The average molecular weight is 625 g/mol. The van der Waals surface area contributed by atoms with Gasteiger partial charge in [-0.05, 0) is 83.5 Å². The Kier molecular flexibility index (Phi) is 10.4. The number of carbonyl (C=O) groups is 4. The van der Waals surface area contributed by atoms with Gasteiger partial charge in [-0.1, -0.05) is 40.2 Å². The normalized spacial score (nSPS) is 25.3. The van der Waals surface area contributed by atoms with Crippen LogP contribution in [0.4, 0.5) is 4.79 Å². The van der Waals surface area contributed by atoms with E-state index in [4.69, 9.17) is 4.74 Å². The van der Waals surface area contributed by atoms with Gasteiger partial charge in [0.25, 0.3) is 0 Å². The topological polar surface area (TPSA) is 151 Å². The Hall–Kier alpha value is -2.63. The number of alkyl carbamates (subject to hydrolysis) is 1. The second-order valence-corrected chi connectivity index (χ2v) is 16.7. The highest BCUT2D eigenvalue weighted by Gasteiger charge is 2.62. The fraction of sp³-hybridized carbons (Fsp3) is 0.806. The highest BCUT2D eigenvalue weighted by molar-refractivity contribution is 7.91. The summed E-state index contributed by atoms with van der Waals surface area (Å²) in [4.78, 5) is 54.7. The zero-order valence-electron chi connectivity index (χ0n) is 27.0. The molecule has 11 nitrogen and oxygen atoms in total. The third-order valence-corrected chi connectivity index (χ3v) is 11.2. The Balaban J connectivity index is 1.67. The zero-order chi connectivity index (χ0) is 32.4. The molecule has 43 heavy (non-hydrogen) atoms. The molecule has 1 saturated heterocycles. The number of amides is 4. The first-order chi connectivity index (χ1) is 19.8. The number of ether oxygens (including phenoxy) is 1. The minimum absolute atomic E-state index is 0.00739. The molecule has 0 aromatic carbocycles. The van der Waals surface area contributed by atoms with Crippen LogP contribution in [-0.2, 0) is 29.1 Å². The van der Waals surface area contributed by atoms with Crippen molar-refractivity contribution >= 4 is 33.8 Å². The van der Waals surface area contributed by atoms with Gasteiger partial charge in [-0.25, -0.2) is 13.2 Å². The van der Waals surface area contributed by atoms with E-state index in [1.165, 1.54) is 4.90 Å². The minimum atomic E-state index is -3.87. The summed E-state index contributed by atoms with van der Waals surface area (Å²) in [5.74, 6) is -1.39. The molecule has 2 aliphatic carbocycles. The maximum atomic E-state index is 13.7. The number of sulfonamides is 1. The summed E-state index contributed by atoms with van der Waals surface area (Å²) in [6.07, 6.45) is 6.19. The van der Waals surface area contributed by atoms with E-state index < -0.39 is 61.2 Å². The van der Waals surface area contributed by atoms with Crippen molar-refractivity contribution in [2.24, 2.45) is 16.7 Å². The summed E-state index contributed by atoms with van der Waals surface area (Å²) in [6, 6.07) is -1.69. The molecule has 3 rings (SSSR count). The molecule has 12 heteroatoms. The van der Waals surface area contributed by atoms with Crippen molar-refractivity contribution in [3.63, 3.8) is 0 Å². The van der Waals surface area contributed by atoms with Gasteiger partial charge in [0.15, 0.2) is 0 Å². The number of carbonyl (C=O) groups excluding carboxylic acids is 4. The van der Waals surface area contributed by atoms with Crippen molar-refractivity contribution < 1.29 is 32.3 Å². The van der Waals surface area contributed by atoms with Crippen molar-refractivity contribution in [2.75, 3.05) is 13.1 Å². The molecule has 0 radical (unpaired) electrons. The summed E-state index contributed by atoms with van der Waals surface area (Å²) >= 11 is 0. The molecule has 2 saturated carbocycles. The van der Waals surface area contributed by atoms with Crippen LogP contribution in [0.15, 0.2) is 12.7 Å². The van der Waals surface area contributed by atoms with Crippen LogP contribution in [0, 0.1) is 16.7 Å². The molecular formula is C31H52N4O7S. The Bertz CT molecular complexity index is 1200. The van der Waals surface area contributed by atoms with Crippen LogP contribution in [0.3, 0.4) is 0 Å². The second-order valence-electron chi connectivity index (χ2n) is 14.6. The maximum absolute atomic E-state index is 13.7. The number of nitrogens with zero attached hydrogens (tertiary/aromatic N) is 1. The quantitative estimate of drug-likeness (QED) is 0.208. The summed E-state index contributed by atoms with van der Waals surface area (Å²) in [6.45, 7) is 16.7. The van der Waals surface area contributed by atoms with E-state index in [0.717, 1.165) is 0 Å². The van der Waals surface area contributed by atoms with E-state index >= 15 is 0 Å². The number of rotatable bonds is 13. The molecule has 3 aliphatic rings. The summed E-state index contributed by atoms with van der Waals surface area (Å²) in [5, 5.41) is 5.58. The van der Waals surface area contributed by atoms with Crippen LogP contribution >= 0.6 is 0 Å². The van der Waals surface area contributed by atoms with E-state index in [2.05, 4.69) is 21.9 Å². The largest absolute Gasteiger partial charge is 0.444 e. The van der Waals surface area contributed by atoms with E-state index in [9.17, 15) is 27.6 Å². The second kappa shape index (κ2) is 12.8. The smallest absolute Gasteiger partial charge is 0.408 e. The lowest BCUT2D eigenvalue weighted by Crippen LogP contribution is -2.58. The van der Waals surface area contributed by atoms with Crippen LogP contribution in [0.1, 0.15) is 106 Å². The van der Waals surface area contributed by atoms with E-state index in [1.807, 2.05) is 27.7 Å². The first-order valence-corrected chi connectivity index (χ1v) is 17.1. The monoisotopic (exact) mass is 624 g/mol. The Labute approximate surface area is 257 Å². The van der Waals surface area contributed by atoms with Crippen molar-refractivity contribution in [3.8, 4) is 0 Å². The minimum Gasteiger partial charge on any atom is -0.444 e. The van der Waals surface area contributed by atoms with Gasteiger partial charge >= 0.3 is 6.09 Å². The lowest BCUT2D eigenvalue weighted by atomic mass is 9.85. The maximum Gasteiger partial charge on any atom is 0.408 e. The Morgan fingerprint density at radius 3 is 2.28 bits per heavy atom. The van der Waals surface area contributed by atoms with Gasteiger partial charge in [0.05, 0.1) is 10.2 Å². The Morgan fingerprint density at radius 2 is 1.77 bits per heavy atom. The van der Waals surface area contributed by atoms with Crippen molar-refractivity contribution in [2.45, 2.75) is 129 Å². The number of likely N-dealkylation sites (tertiary alicyclic amines) is 1. The highest BCUT2D eigenvalue weighted by Crippen LogP contribution is 2.55. The number of hydrogen-bond acceptors (Lipinski definition) is 7. The van der Waals surface area contributed by atoms with Gasteiger partial charge in [0, 0.05) is 13.1 Å². The molecule has 0 spiro atoms. The fourth-order valence-corrected chi connectivity index (χ4v) is 7.81. The first-order valence-electron chi connectivity index (χ1n) is 15.6. The van der Waals surface area contributed by atoms with Gasteiger partial charge in [0.2, 0.25) is 27.7 Å². The van der Waals surface area contributed by atoms with Crippen molar-refractivity contribution in [1.82, 2.24) is 20.3 Å². The molecule has 4 unspecified atom stereocenters. The SMILES string of the molecule is C=CCCCC1(S(=O)(=O)NC(=O)C2(CNC(=O)C3CCCN3C(=O)C(NC(=O)OC(C)(C)C)C(C)(C)C)CC2CC)CC1. The molecule has 244 valence electrons. The van der Waals surface area contributed by atoms with E-state index in [0.29, 0.717) is 64.3 Å². The summed E-state index contributed by atoms with van der Waals surface area (Å²) < 4.78 is 33.3. The zero-order valence-corrected chi connectivity index (χ0v) is 27.8. The van der Waals surface area contributed by atoms with Crippen LogP contribution in [0.5, 0.6) is 0 Å². The fourth-order valence-electron chi connectivity index (χ4n) is 6.09. The molecule has 0 aromatic heterocycles. The van der Waals surface area contributed by atoms with Gasteiger partial charge in [0.1, 0.15) is 17.7 Å². The van der Waals surface area contributed by atoms with Gasteiger partial charge in [-0.2, -0.15) is 0 Å². The summed E-state index contributed by atoms with van der Waals surface area (Å²) in [7, 11) is -3.87. The predicted octanol–water partition coefficient (Wildman–Crippen LogP) is 3.78. The molecule has 1 aliphatic heterocycles. The highest BCUT2D eigenvalue weighted by atomic mass is 32.2. The third kappa shape index (κ3) is 8.10. The van der Waals surface area contributed by atoms with Crippen LogP contribution in [0.25, 0.3) is 0 Å². The number of nitrogens with one attached hydrogen (secondary N) is 3. The van der Waals surface area contributed by atoms with Gasteiger partial charge in [-0.3, -0.25) is 19.1 Å². The van der Waals surface area contributed by atoms with Gasteiger partial charge in [-0.15, -0.1) is 6.58 Å². The molecule has 4 amide bonds. The standard InChI is InChI=1S/C31H52N4O7S/c1-9-11-12-15-30(16-17-30)43(40,41)34-26(38)31(19-21(31)10-2)20-32-24(36)22-14-13-18-35(22)25(37)23(28(3,4)5)33-27(39)42-29(6,7)8/h9,21-23H,1,10-20H2,2-8H3,(H,32,36)(H,33,39)(H,34,38). The molecule has 4 atom stereocenters. The molecule has 3 fully saturated rings. The lowest BCUT2D eigenvalue weighted by Gasteiger charge is -2.35. The van der Waals surface area contributed by atoms with Crippen molar-refractivity contribution in [3.05, 3.63) is 12.7 Å². The van der Waals surface area contributed by atoms with E-state index in [1.54, 1.807) is 26.8 Å². The van der Waals surface area contributed by atoms with Crippen LogP contribution < -0.4 is 15.4 Å². The third-order valence-electron chi connectivity index (χ3n) is 9.01. The van der Waals surface area contributed by atoms with Crippen molar-refractivity contribution in [1.29, 1.82) is 0 Å². The number of allylic oxidation sites excluding steroid dienone is 1.